The molecular weight excluding hydrogens is 386 g/mol. The van der Waals surface area contributed by atoms with Crippen LogP contribution >= 0.6 is 0 Å². The highest BCUT2D eigenvalue weighted by atomic mass is 16.5. The van der Waals surface area contributed by atoms with E-state index >= 15 is 0 Å². The van der Waals surface area contributed by atoms with Crippen LogP contribution in [0.2, 0.25) is 0 Å². The minimum absolute atomic E-state index is 0.00130. The zero-order chi connectivity index (χ0) is 21.7. The molecule has 0 amide bonds. The number of piperidine rings is 1. The fourth-order valence-corrected chi connectivity index (χ4v) is 4.34. The number of nitrogens with one attached hydrogen (secondary N) is 1. The van der Waals surface area contributed by atoms with Crippen molar-refractivity contribution in [2.75, 3.05) is 25.5 Å². The minimum atomic E-state index is 0.00130. The predicted molar refractivity (Wildman–Crippen MR) is 123 cm³/mol. The molecule has 0 spiro atoms. The zero-order valence-corrected chi connectivity index (χ0v) is 18.6. The van der Waals surface area contributed by atoms with Gasteiger partial charge in [-0.05, 0) is 44.5 Å². The lowest BCUT2D eigenvalue weighted by atomic mass is 9.78. The Morgan fingerprint density at radius 1 is 1.13 bits per heavy atom. The van der Waals surface area contributed by atoms with Gasteiger partial charge in [-0.1, -0.05) is 31.2 Å². The van der Waals surface area contributed by atoms with Crippen LogP contribution in [-0.2, 0) is 18.6 Å². The second kappa shape index (κ2) is 9.43. The molecule has 3 heterocycles. The molecule has 31 heavy (non-hydrogen) atoms. The SMILES string of the molecule is CNc1cc([C@]2(C)CCCN(Cc3ccccc3OCc3ccccn3)C2)nc(C)n1. The van der Waals surface area contributed by atoms with E-state index in [0.717, 1.165) is 61.3 Å². The molecule has 1 aliphatic heterocycles. The highest BCUT2D eigenvalue weighted by Gasteiger charge is 2.34. The van der Waals surface area contributed by atoms with Gasteiger partial charge in [0.15, 0.2) is 0 Å². The van der Waals surface area contributed by atoms with E-state index in [0.29, 0.717) is 6.61 Å². The number of benzene rings is 1. The van der Waals surface area contributed by atoms with Crippen molar-refractivity contribution in [2.45, 2.75) is 45.3 Å². The molecule has 1 saturated heterocycles. The maximum absolute atomic E-state index is 6.13. The average Bonchev–Trinajstić information content (AvgIpc) is 2.79. The van der Waals surface area contributed by atoms with Gasteiger partial charge >= 0.3 is 0 Å². The van der Waals surface area contributed by atoms with Gasteiger partial charge in [0, 0.05) is 43.4 Å². The molecule has 6 nitrogen and oxygen atoms in total. The van der Waals surface area contributed by atoms with Crippen molar-refractivity contribution in [3.63, 3.8) is 0 Å². The first kappa shape index (κ1) is 21.2. The van der Waals surface area contributed by atoms with Gasteiger partial charge in [0.05, 0.1) is 11.4 Å². The van der Waals surface area contributed by atoms with Crippen LogP contribution in [0.3, 0.4) is 0 Å². The van der Waals surface area contributed by atoms with Gasteiger partial charge in [-0.15, -0.1) is 0 Å². The van der Waals surface area contributed by atoms with Crippen LogP contribution in [0.1, 0.15) is 42.5 Å². The topological polar surface area (TPSA) is 63.2 Å². The number of likely N-dealkylation sites (tertiary alicyclic amines) is 1. The number of hydrogen-bond donors (Lipinski definition) is 1. The summed E-state index contributed by atoms with van der Waals surface area (Å²) < 4.78 is 6.13. The normalized spacial score (nSPS) is 19.2. The Balaban J connectivity index is 1.48. The summed E-state index contributed by atoms with van der Waals surface area (Å²) in [5, 5.41) is 3.16. The van der Waals surface area contributed by atoms with E-state index in [4.69, 9.17) is 9.72 Å². The molecule has 1 fully saturated rings. The first-order valence-corrected chi connectivity index (χ1v) is 10.9. The van der Waals surface area contributed by atoms with Crippen molar-refractivity contribution in [3.8, 4) is 5.75 Å². The molecule has 1 N–H and O–H groups in total. The van der Waals surface area contributed by atoms with Gasteiger partial charge in [0.2, 0.25) is 0 Å². The first-order chi connectivity index (χ1) is 15.1. The lowest BCUT2D eigenvalue weighted by Crippen LogP contribution is -2.44. The lowest BCUT2D eigenvalue weighted by Gasteiger charge is -2.40. The monoisotopic (exact) mass is 417 g/mol. The highest BCUT2D eigenvalue weighted by Crippen LogP contribution is 2.34. The second-order valence-corrected chi connectivity index (χ2v) is 8.53. The van der Waals surface area contributed by atoms with E-state index in [1.54, 1.807) is 6.20 Å². The van der Waals surface area contributed by atoms with Crippen LogP contribution in [0, 0.1) is 6.92 Å². The fourth-order valence-electron chi connectivity index (χ4n) is 4.34. The molecule has 0 bridgehead atoms. The van der Waals surface area contributed by atoms with Gasteiger partial charge < -0.3 is 10.1 Å². The summed E-state index contributed by atoms with van der Waals surface area (Å²) in [4.78, 5) is 16.1. The molecule has 1 atom stereocenters. The molecule has 4 rings (SSSR count). The number of nitrogens with zero attached hydrogens (tertiary/aromatic N) is 4. The zero-order valence-electron chi connectivity index (χ0n) is 18.6. The molecular formula is C25H31N5O. The molecule has 162 valence electrons. The van der Waals surface area contributed by atoms with E-state index < -0.39 is 0 Å². The third-order valence-electron chi connectivity index (χ3n) is 5.96. The molecule has 3 aromatic rings. The summed E-state index contributed by atoms with van der Waals surface area (Å²) >= 11 is 0. The van der Waals surface area contributed by atoms with E-state index in [1.165, 1.54) is 5.56 Å². The Kier molecular flexibility index (Phi) is 6.47. The summed E-state index contributed by atoms with van der Waals surface area (Å²) in [5.41, 5.74) is 3.26. The Bertz CT molecular complexity index is 1010. The fraction of sp³-hybridized carbons (Fsp3) is 0.400. The summed E-state index contributed by atoms with van der Waals surface area (Å²) in [7, 11) is 1.91. The third kappa shape index (κ3) is 5.20. The van der Waals surface area contributed by atoms with E-state index in [1.807, 2.05) is 44.3 Å². The smallest absolute Gasteiger partial charge is 0.130 e. The number of anilines is 1. The maximum Gasteiger partial charge on any atom is 0.130 e. The van der Waals surface area contributed by atoms with Gasteiger partial charge in [-0.25, -0.2) is 9.97 Å². The minimum Gasteiger partial charge on any atom is -0.487 e. The quantitative estimate of drug-likeness (QED) is 0.616. The molecule has 0 radical (unpaired) electrons. The Morgan fingerprint density at radius 2 is 1.97 bits per heavy atom. The number of hydrogen-bond acceptors (Lipinski definition) is 6. The Labute approximate surface area is 184 Å². The molecule has 2 aromatic heterocycles. The number of para-hydroxylation sites is 1. The Morgan fingerprint density at radius 3 is 2.77 bits per heavy atom. The van der Waals surface area contributed by atoms with Gasteiger partial charge in [-0.2, -0.15) is 0 Å². The van der Waals surface area contributed by atoms with Gasteiger partial charge in [0.25, 0.3) is 0 Å². The average molecular weight is 418 g/mol. The highest BCUT2D eigenvalue weighted by molar-refractivity contribution is 5.38. The summed E-state index contributed by atoms with van der Waals surface area (Å²) in [5.74, 6) is 2.62. The predicted octanol–water partition coefficient (Wildman–Crippen LogP) is 4.35. The van der Waals surface area contributed by atoms with Crippen molar-refractivity contribution >= 4 is 5.82 Å². The number of rotatable bonds is 7. The molecule has 0 aliphatic carbocycles. The number of aryl methyl sites for hydroxylation is 1. The van der Waals surface area contributed by atoms with Crippen molar-refractivity contribution in [2.24, 2.45) is 0 Å². The van der Waals surface area contributed by atoms with Crippen LogP contribution in [-0.4, -0.2) is 40.0 Å². The van der Waals surface area contributed by atoms with Crippen molar-refractivity contribution in [3.05, 3.63) is 77.5 Å². The van der Waals surface area contributed by atoms with Crippen LogP contribution in [0.15, 0.2) is 54.7 Å². The van der Waals surface area contributed by atoms with Crippen molar-refractivity contribution in [1.29, 1.82) is 0 Å². The van der Waals surface area contributed by atoms with Gasteiger partial charge in [-0.3, -0.25) is 9.88 Å². The Hall–Kier alpha value is -2.99. The molecule has 1 aliphatic rings. The molecule has 1 aromatic carbocycles. The first-order valence-electron chi connectivity index (χ1n) is 10.9. The largest absolute Gasteiger partial charge is 0.487 e. The van der Waals surface area contributed by atoms with Crippen LogP contribution < -0.4 is 10.1 Å². The van der Waals surface area contributed by atoms with E-state index in [2.05, 4.69) is 45.3 Å². The van der Waals surface area contributed by atoms with Crippen molar-refractivity contribution in [1.82, 2.24) is 19.9 Å². The van der Waals surface area contributed by atoms with E-state index in [-0.39, 0.29) is 5.41 Å². The summed E-state index contributed by atoms with van der Waals surface area (Å²) in [6.45, 7) is 7.65. The van der Waals surface area contributed by atoms with Crippen LogP contribution in [0.25, 0.3) is 0 Å². The molecule has 0 unspecified atom stereocenters. The number of pyridine rings is 1. The standard InChI is InChI=1S/C25H31N5O/c1-19-28-23(15-24(26-3)29-19)25(2)12-8-14-30(18-25)16-20-9-4-5-11-22(20)31-17-21-10-6-7-13-27-21/h4-7,9-11,13,15H,8,12,14,16-18H2,1-3H3,(H,26,28,29)/t25-/m1/s1. The maximum atomic E-state index is 6.13. The number of aromatic nitrogens is 3. The second-order valence-electron chi connectivity index (χ2n) is 8.53. The van der Waals surface area contributed by atoms with E-state index in [9.17, 15) is 0 Å². The summed E-state index contributed by atoms with van der Waals surface area (Å²) in [6, 6.07) is 16.3. The summed E-state index contributed by atoms with van der Waals surface area (Å²) in [6.07, 6.45) is 4.07. The van der Waals surface area contributed by atoms with Crippen molar-refractivity contribution < 1.29 is 4.74 Å². The number of ether oxygens (including phenoxy) is 1. The lowest BCUT2D eigenvalue weighted by molar-refractivity contribution is 0.145. The van der Waals surface area contributed by atoms with Gasteiger partial charge in [0.1, 0.15) is 24.0 Å². The van der Waals surface area contributed by atoms with Crippen LogP contribution in [0.4, 0.5) is 5.82 Å². The van der Waals surface area contributed by atoms with Crippen LogP contribution in [0.5, 0.6) is 5.75 Å². The molecule has 0 saturated carbocycles. The third-order valence-corrected chi connectivity index (χ3v) is 5.96. The molecule has 6 heteroatoms.